The third-order valence-corrected chi connectivity index (χ3v) is 4.90. The molecule has 3 rings (SSSR count). The molecule has 1 amide bonds. The van der Waals surface area contributed by atoms with Crippen LogP contribution < -0.4 is 10.1 Å². The minimum atomic E-state index is -0.0905. The number of methoxy groups -OCH3 is 1. The predicted molar refractivity (Wildman–Crippen MR) is 105 cm³/mol. The van der Waals surface area contributed by atoms with Crippen molar-refractivity contribution in [2.24, 2.45) is 0 Å². The number of aromatic nitrogens is 4. The lowest BCUT2D eigenvalue weighted by molar-refractivity contribution is -0.113. The average molecular weight is 383 g/mol. The van der Waals surface area contributed by atoms with Crippen LogP contribution in [-0.4, -0.2) is 39.0 Å². The number of tetrazole rings is 1. The van der Waals surface area contributed by atoms with E-state index >= 15 is 0 Å². The van der Waals surface area contributed by atoms with Crippen molar-refractivity contribution < 1.29 is 9.53 Å². The first-order valence-electron chi connectivity index (χ1n) is 8.58. The number of hydrogen-bond acceptors (Lipinski definition) is 6. The monoisotopic (exact) mass is 383 g/mol. The molecule has 0 saturated heterocycles. The molecule has 3 aromatic rings. The number of carbonyl (C=O) groups is 1. The number of rotatable bonds is 8. The highest BCUT2D eigenvalue weighted by Gasteiger charge is 2.11. The molecule has 0 atom stereocenters. The van der Waals surface area contributed by atoms with Crippen molar-refractivity contribution in [1.82, 2.24) is 20.2 Å². The molecule has 1 N–H and O–H groups in total. The van der Waals surface area contributed by atoms with Gasteiger partial charge in [-0.1, -0.05) is 43.0 Å². The Hall–Kier alpha value is -2.87. The predicted octanol–water partition coefficient (Wildman–Crippen LogP) is 3.02. The third kappa shape index (κ3) is 5.30. The quantitative estimate of drug-likeness (QED) is 0.602. The number of anilines is 1. The summed E-state index contributed by atoms with van der Waals surface area (Å²) in [5.74, 6) is 0.945. The van der Waals surface area contributed by atoms with Crippen molar-refractivity contribution in [2.75, 3.05) is 18.2 Å². The summed E-state index contributed by atoms with van der Waals surface area (Å²) in [7, 11) is 1.63. The van der Waals surface area contributed by atoms with Crippen molar-refractivity contribution in [3.8, 4) is 5.75 Å². The van der Waals surface area contributed by atoms with Crippen molar-refractivity contribution >= 4 is 23.4 Å². The van der Waals surface area contributed by atoms with Crippen molar-refractivity contribution in [2.45, 2.75) is 25.0 Å². The van der Waals surface area contributed by atoms with Gasteiger partial charge in [-0.15, -0.1) is 5.10 Å². The maximum absolute atomic E-state index is 12.2. The first kappa shape index (κ1) is 18.9. The summed E-state index contributed by atoms with van der Waals surface area (Å²) in [5.41, 5.74) is 3.03. The molecular weight excluding hydrogens is 362 g/mol. The van der Waals surface area contributed by atoms with Gasteiger partial charge in [0.25, 0.3) is 0 Å². The van der Waals surface area contributed by atoms with Crippen LogP contribution in [-0.2, 0) is 17.8 Å². The number of thioether (sulfide) groups is 1. The Morgan fingerprint density at radius 1 is 1.19 bits per heavy atom. The minimum absolute atomic E-state index is 0.0905. The molecule has 0 aliphatic carbocycles. The number of carbonyl (C=O) groups excluding carboxylic acids is 1. The smallest absolute Gasteiger partial charge is 0.234 e. The van der Waals surface area contributed by atoms with Crippen LogP contribution in [0, 0.1) is 0 Å². The molecule has 1 heterocycles. The van der Waals surface area contributed by atoms with E-state index in [0.717, 1.165) is 23.4 Å². The summed E-state index contributed by atoms with van der Waals surface area (Å²) in [6.45, 7) is 2.61. The first-order chi connectivity index (χ1) is 13.2. The molecule has 0 radical (unpaired) electrons. The van der Waals surface area contributed by atoms with Crippen LogP contribution in [0.15, 0.2) is 53.7 Å². The highest BCUT2D eigenvalue weighted by Crippen LogP contribution is 2.18. The molecule has 0 unspecified atom stereocenters. The SMILES string of the molecule is CCc1cccc(NC(=O)CSc2nnnn2Cc2ccc(OC)cc2)c1. The zero-order valence-electron chi connectivity index (χ0n) is 15.3. The molecule has 0 spiro atoms. The number of hydrogen-bond donors (Lipinski definition) is 1. The molecule has 7 nitrogen and oxygen atoms in total. The molecule has 0 fully saturated rings. The Kier molecular flexibility index (Phi) is 6.43. The van der Waals surface area contributed by atoms with Gasteiger partial charge in [-0.3, -0.25) is 4.79 Å². The van der Waals surface area contributed by atoms with Crippen LogP contribution >= 0.6 is 11.8 Å². The molecule has 1 aromatic heterocycles. The molecular formula is C19H21N5O2S. The first-order valence-corrected chi connectivity index (χ1v) is 9.57. The lowest BCUT2D eigenvalue weighted by Crippen LogP contribution is -2.15. The van der Waals surface area contributed by atoms with Crippen LogP contribution in [0.3, 0.4) is 0 Å². The average Bonchev–Trinajstić information content (AvgIpc) is 3.14. The zero-order valence-corrected chi connectivity index (χ0v) is 16.1. The summed E-state index contributed by atoms with van der Waals surface area (Å²) in [6.07, 6.45) is 0.929. The standard InChI is InChI=1S/C19H21N5O2S/c1-3-14-5-4-6-16(11-14)20-18(25)13-27-19-21-22-23-24(19)12-15-7-9-17(26-2)10-8-15/h4-11H,3,12-13H2,1-2H3,(H,20,25). The van der Waals surface area contributed by atoms with Crippen LogP contribution in [0.4, 0.5) is 5.69 Å². The fraction of sp³-hybridized carbons (Fsp3) is 0.263. The van der Waals surface area contributed by atoms with Gasteiger partial charge in [0, 0.05) is 5.69 Å². The van der Waals surface area contributed by atoms with Crippen LogP contribution in [0.5, 0.6) is 5.75 Å². The van der Waals surface area contributed by atoms with Gasteiger partial charge in [-0.2, -0.15) is 0 Å². The Labute approximate surface area is 162 Å². The molecule has 0 aliphatic heterocycles. The second-order valence-corrected chi connectivity index (χ2v) is 6.80. The summed E-state index contributed by atoms with van der Waals surface area (Å²) in [4.78, 5) is 12.2. The van der Waals surface area contributed by atoms with Gasteiger partial charge in [-0.05, 0) is 52.2 Å². The van der Waals surface area contributed by atoms with Crippen LogP contribution in [0.25, 0.3) is 0 Å². The molecule has 0 bridgehead atoms. The largest absolute Gasteiger partial charge is 0.497 e. The fourth-order valence-corrected chi connectivity index (χ4v) is 3.18. The lowest BCUT2D eigenvalue weighted by Gasteiger charge is -2.07. The number of benzene rings is 2. The normalized spacial score (nSPS) is 10.6. The molecule has 140 valence electrons. The number of aryl methyl sites for hydroxylation is 1. The van der Waals surface area contributed by atoms with Gasteiger partial charge < -0.3 is 10.1 Å². The summed E-state index contributed by atoms with van der Waals surface area (Å²) < 4.78 is 6.84. The number of amides is 1. The number of nitrogens with one attached hydrogen (secondary N) is 1. The number of nitrogens with zero attached hydrogens (tertiary/aromatic N) is 4. The zero-order chi connectivity index (χ0) is 19.1. The van der Waals surface area contributed by atoms with E-state index in [1.165, 1.54) is 17.3 Å². The second kappa shape index (κ2) is 9.18. The summed E-state index contributed by atoms with van der Waals surface area (Å²) in [5, 5.41) is 15.3. The Balaban J connectivity index is 1.56. The van der Waals surface area contributed by atoms with E-state index in [1.807, 2.05) is 48.5 Å². The second-order valence-electron chi connectivity index (χ2n) is 5.86. The third-order valence-electron chi connectivity index (χ3n) is 3.94. The Bertz CT molecular complexity index is 895. The number of ether oxygens (including phenoxy) is 1. The topological polar surface area (TPSA) is 81.9 Å². The maximum Gasteiger partial charge on any atom is 0.234 e. The van der Waals surface area contributed by atoms with E-state index in [4.69, 9.17) is 4.74 Å². The van der Waals surface area contributed by atoms with Crippen molar-refractivity contribution in [3.05, 3.63) is 59.7 Å². The highest BCUT2D eigenvalue weighted by atomic mass is 32.2. The van der Waals surface area contributed by atoms with E-state index in [0.29, 0.717) is 11.7 Å². The van der Waals surface area contributed by atoms with E-state index in [-0.39, 0.29) is 11.7 Å². The van der Waals surface area contributed by atoms with Crippen LogP contribution in [0.2, 0.25) is 0 Å². The molecule has 0 saturated carbocycles. The summed E-state index contributed by atoms with van der Waals surface area (Å²) >= 11 is 1.31. The van der Waals surface area contributed by atoms with Crippen molar-refractivity contribution in [3.63, 3.8) is 0 Å². The molecule has 0 aliphatic rings. The van der Waals surface area contributed by atoms with Gasteiger partial charge in [0.15, 0.2) is 0 Å². The van der Waals surface area contributed by atoms with E-state index in [1.54, 1.807) is 11.8 Å². The van der Waals surface area contributed by atoms with Gasteiger partial charge in [0.05, 0.1) is 19.4 Å². The van der Waals surface area contributed by atoms with Crippen LogP contribution in [0.1, 0.15) is 18.1 Å². The van der Waals surface area contributed by atoms with Crippen molar-refractivity contribution in [1.29, 1.82) is 0 Å². The van der Waals surface area contributed by atoms with Gasteiger partial charge >= 0.3 is 0 Å². The van der Waals surface area contributed by atoms with Gasteiger partial charge in [-0.25, -0.2) is 4.68 Å². The highest BCUT2D eigenvalue weighted by molar-refractivity contribution is 7.99. The van der Waals surface area contributed by atoms with E-state index in [2.05, 4.69) is 27.8 Å². The van der Waals surface area contributed by atoms with Gasteiger partial charge in [0.1, 0.15) is 5.75 Å². The Morgan fingerprint density at radius 3 is 2.74 bits per heavy atom. The lowest BCUT2D eigenvalue weighted by atomic mass is 10.1. The molecule has 8 heteroatoms. The molecule has 2 aromatic carbocycles. The Morgan fingerprint density at radius 2 is 2.00 bits per heavy atom. The summed E-state index contributed by atoms with van der Waals surface area (Å²) in [6, 6.07) is 15.6. The molecule has 27 heavy (non-hydrogen) atoms. The minimum Gasteiger partial charge on any atom is -0.497 e. The van der Waals surface area contributed by atoms with E-state index < -0.39 is 0 Å². The van der Waals surface area contributed by atoms with E-state index in [9.17, 15) is 4.79 Å². The maximum atomic E-state index is 12.2. The fourth-order valence-electron chi connectivity index (χ4n) is 2.50. The van der Waals surface area contributed by atoms with Gasteiger partial charge in [0.2, 0.25) is 11.1 Å².